The number of carbonyl (C=O) groups excluding carboxylic acids is 1. The molecule has 0 radical (unpaired) electrons. The summed E-state index contributed by atoms with van der Waals surface area (Å²) in [4.78, 5) is 23.3. The summed E-state index contributed by atoms with van der Waals surface area (Å²) in [5.74, 6) is 0.650. The molecule has 25 heavy (non-hydrogen) atoms. The number of nitrogens with one attached hydrogen (secondary N) is 1. The van der Waals surface area contributed by atoms with Gasteiger partial charge in [0.05, 0.1) is 31.9 Å². The number of aryl methyl sites for hydroxylation is 1. The predicted octanol–water partition coefficient (Wildman–Crippen LogP) is 2.13. The molecule has 0 bridgehead atoms. The third kappa shape index (κ3) is 5.14. The van der Waals surface area contributed by atoms with Crippen LogP contribution < -0.4 is 10.2 Å². The highest BCUT2D eigenvalue weighted by molar-refractivity contribution is 6.30. The number of halogens is 1. The number of nitrogens with zero attached hydrogens (tertiary/aromatic N) is 3. The maximum absolute atomic E-state index is 12.1. The number of morpholine rings is 1. The molecule has 1 N–H and O–H groups in total. The Morgan fingerprint density at radius 3 is 2.68 bits per heavy atom. The quantitative estimate of drug-likeness (QED) is 0.884. The zero-order chi connectivity index (χ0) is 17.6. The summed E-state index contributed by atoms with van der Waals surface area (Å²) in [6, 6.07) is 9.17. The van der Waals surface area contributed by atoms with Crippen LogP contribution in [0.3, 0.4) is 0 Å². The molecule has 7 heteroatoms. The van der Waals surface area contributed by atoms with E-state index in [1.165, 1.54) is 0 Å². The SMILES string of the molecule is Cc1cc(CNC(=O)Cc2ccc(Cl)cc2)nc(N2CCOCC2)n1. The van der Waals surface area contributed by atoms with Crippen LogP contribution in [0.25, 0.3) is 0 Å². The number of anilines is 1. The van der Waals surface area contributed by atoms with Gasteiger partial charge in [0.2, 0.25) is 11.9 Å². The topological polar surface area (TPSA) is 67.4 Å². The van der Waals surface area contributed by atoms with Crippen LogP contribution >= 0.6 is 11.6 Å². The van der Waals surface area contributed by atoms with Crippen LogP contribution in [-0.2, 0) is 22.5 Å². The van der Waals surface area contributed by atoms with Gasteiger partial charge in [-0.1, -0.05) is 23.7 Å². The summed E-state index contributed by atoms with van der Waals surface area (Å²) >= 11 is 5.86. The van der Waals surface area contributed by atoms with Gasteiger partial charge >= 0.3 is 0 Å². The molecule has 0 atom stereocenters. The van der Waals surface area contributed by atoms with Crippen LogP contribution in [0.5, 0.6) is 0 Å². The number of carbonyl (C=O) groups is 1. The first-order valence-electron chi connectivity index (χ1n) is 8.28. The van der Waals surface area contributed by atoms with Gasteiger partial charge in [-0.2, -0.15) is 0 Å². The lowest BCUT2D eigenvalue weighted by atomic mass is 10.1. The lowest BCUT2D eigenvalue weighted by Crippen LogP contribution is -2.37. The van der Waals surface area contributed by atoms with Gasteiger partial charge in [0.1, 0.15) is 0 Å². The van der Waals surface area contributed by atoms with E-state index < -0.39 is 0 Å². The molecule has 3 rings (SSSR count). The van der Waals surface area contributed by atoms with E-state index in [1.54, 1.807) is 12.1 Å². The van der Waals surface area contributed by atoms with Crippen molar-refractivity contribution in [3.63, 3.8) is 0 Å². The van der Waals surface area contributed by atoms with E-state index in [1.807, 2.05) is 25.1 Å². The van der Waals surface area contributed by atoms with Crippen LogP contribution in [0.2, 0.25) is 5.02 Å². The molecule has 0 saturated carbocycles. The minimum atomic E-state index is -0.0495. The van der Waals surface area contributed by atoms with Crippen molar-refractivity contribution in [2.24, 2.45) is 0 Å². The smallest absolute Gasteiger partial charge is 0.225 e. The lowest BCUT2D eigenvalue weighted by Gasteiger charge is -2.27. The van der Waals surface area contributed by atoms with Crippen molar-refractivity contribution in [3.8, 4) is 0 Å². The van der Waals surface area contributed by atoms with E-state index in [9.17, 15) is 4.79 Å². The standard InChI is InChI=1S/C18H21ClN4O2/c1-13-10-16(22-18(21-13)23-6-8-25-9-7-23)12-20-17(24)11-14-2-4-15(19)5-3-14/h2-5,10H,6-9,11-12H2,1H3,(H,20,24). The molecule has 1 fully saturated rings. The summed E-state index contributed by atoms with van der Waals surface area (Å²) in [5, 5.41) is 3.58. The zero-order valence-corrected chi connectivity index (χ0v) is 14.9. The maximum atomic E-state index is 12.1. The molecule has 1 aliphatic rings. The van der Waals surface area contributed by atoms with Crippen LogP contribution in [0, 0.1) is 6.92 Å². The fourth-order valence-corrected chi connectivity index (χ4v) is 2.78. The number of amides is 1. The molecule has 2 heterocycles. The van der Waals surface area contributed by atoms with Gasteiger partial charge in [-0.3, -0.25) is 4.79 Å². The monoisotopic (exact) mass is 360 g/mol. The Morgan fingerprint density at radius 1 is 1.24 bits per heavy atom. The third-order valence-corrected chi connectivity index (χ3v) is 4.19. The highest BCUT2D eigenvalue weighted by Crippen LogP contribution is 2.13. The fraction of sp³-hybridized carbons (Fsp3) is 0.389. The van der Waals surface area contributed by atoms with E-state index >= 15 is 0 Å². The Balaban J connectivity index is 1.59. The van der Waals surface area contributed by atoms with Crippen LogP contribution in [-0.4, -0.2) is 42.2 Å². The molecule has 0 unspecified atom stereocenters. The molecular formula is C18H21ClN4O2. The number of aromatic nitrogens is 2. The molecule has 1 aromatic heterocycles. The molecule has 0 aliphatic carbocycles. The number of hydrogen-bond donors (Lipinski definition) is 1. The molecule has 1 aromatic carbocycles. The van der Waals surface area contributed by atoms with Gasteiger partial charge < -0.3 is 15.0 Å². The van der Waals surface area contributed by atoms with Gasteiger partial charge in [-0.15, -0.1) is 0 Å². The van der Waals surface area contributed by atoms with Crippen LogP contribution in [0.4, 0.5) is 5.95 Å². The Bertz CT molecular complexity index is 730. The molecule has 1 saturated heterocycles. The maximum Gasteiger partial charge on any atom is 0.225 e. The minimum absolute atomic E-state index is 0.0495. The number of benzene rings is 1. The lowest BCUT2D eigenvalue weighted by molar-refractivity contribution is -0.120. The first-order valence-corrected chi connectivity index (χ1v) is 8.66. The van der Waals surface area contributed by atoms with Gasteiger partial charge in [0, 0.05) is 23.8 Å². The molecule has 132 valence electrons. The highest BCUT2D eigenvalue weighted by Gasteiger charge is 2.15. The summed E-state index contributed by atoms with van der Waals surface area (Å²) < 4.78 is 5.36. The molecule has 1 amide bonds. The molecule has 2 aromatic rings. The van der Waals surface area contributed by atoms with Crippen molar-refractivity contribution in [3.05, 3.63) is 52.3 Å². The molecule has 6 nitrogen and oxygen atoms in total. The summed E-state index contributed by atoms with van der Waals surface area (Å²) in [7, 11) is 0. The highest BCUT2D eigenvalue weighted by atomic mass is 35.5. The number of rotatable bonds is 5. The summed E-state index contributed by atoms with van der Waals surface area (Å²) in [6.07, 6.45) is 0.317. The van der Waals surface area contributed by atoms with Crippen molar-refractivity contribution in [1.82, 2.24) is 15.3 Å². The molecular weight excluding hydrogens is 340 g/mol. The molecule has 1 aliphatic heterocycles. The van der Waals surface area contributed by atoms with E-state index in [-0.39, 0.29) is 5.91 Å². The normalized spacial score (nSPS) is 14.4. The Kier molecular flexibility index (Phi) is 5.83. The first-order chi connectivity index (χ1) is 12.1. The van der Waals surface area contributed by atoms with E-state index in [0.717, 1.165) is 30.0 Å². The van der Waals surface area contributed by atoms with Crippen molar-refractivity contribution in [1.29, 1.82) is 0 Å². The zero-order valence-electron chi connectivity index (χ0n) is 14.2. The van der Waals surface area contributed by atoms with E-state index in [2.05, 4.69) is 20.2 Å². The number of hydrogen-bond acceptors (Lipinski definition) is 5. The average molecular weight is 361 g/mol. The van der Waals surface area contributed by atoms with Crippen LogP contribution in [0.15, 0.2) is 30.3 Å². The average Bonchev–Trinajstić information content (AvgIpc) is 2.62. The fourth-order valence-electron chi connectivity index (χ4n) is 2.65. The van der Waals surface area contributed by atoms with Gasteiger partial charge in [-0.25, -0.2) is 9.97 Å². The van der Waals surface area contributed by atoms with Gasteiger partial charge in [-0.05, 0) is 30.7 Å². The Labute approximate surface area is 152 Å². The van der Waals surface area contributed by atoms with Gasteiger partial charge in [0.15, 0.2) is 0 Å². The van der Waals surface area contributed by atoms with Gasteiger partial charge in [0.25, 0.3) is 0 Å². The molecule has 0 spiro atoms. The second-order valence-corrected chi connectivity index (χ2v) is 6.42. The van der Waals surface area contributed by atoms with Crippen molar-refractivity contribution >= 4 is 23.5 Å². The first kappa shape index (κ1) is 17.6. The van der Waals surface area contributed by atoms with E-state index in [4.69, 9.17) is 16.3 Å². The van der Waals surface area contributed by atoms with E-state index in [0.29, 0.717) is 37.2 Å². The minimum Gasteiger partial charge on any atom is -0.378 e. The predicted molar refractivity (Wildman–Crippen MR) is 96.8 cm³/mol. The second-order valence-electron chi connectivity index (χ2n) is 5.98. The van der Waals surface area contributed by atoms with Crippen molar-refractivity contribution in [2.45, 2.75) is 19.9 Å². The van der Waals surface area contributed by atoms with Crippen LogP contribution in [0.1, 0.15) is 17.0 Å². The summed E-state index contributed by atoms with van der Waals surface area (Å²) in [6.45, 7) is 5.25. The number of ether oxygens (including phenoxy) is 1. The Hall–Kier alpha value is -2.18. The largest absolute Gasteiger partial charge is 0.378 e. The van der Waals surface area contributed by atoms with Crippen molar-refractivity contribution < 1.29 is 9.53 Å². The summed E-state index contributed by atoms with van der Waals surface area (Å²) in [5.41, 5.74) is 2.62. The Morgan fingerprint density at radius 2 is 1.96 bits per heavy atom. The second kappa shape index (κ2) is 8.27. The van der Waals surface area contributed by atoms with Crippen molar-refractivity contribution in [2.75, 3.05) is 31.2 Å². The third-order valence-electron chi connectivity index (χ3n) is 3.93.